The largest absolute Gasteiger partial charge is 0.453 e. The van der Waals surface area contributed by atoms with Gasteiger partial charge in [-0.05, 0) is 73.5 Å². The van der Waals surface area contributed by atoms with Gasteiger partial charge in [0.25, 0.3) is 0 Å². The summed E-state index contributed by atoms with van der Waals surface area (Å²) >= 11 is 12.8. The van der Waals surface area contributed by atoms with E-state index in [-0.39, 0.29) is 59.5 Å². The molecule has 5 rings (SSSR count). The Bertz CT molecular complexity index is 1910. The highest BCUT2D eigenvalue weighted by atomic mass is 35.5. The van der Waals surface area contributed by atoms with Crippen LogP contribution in [0.5, 0.6) is 0 Å². The molecule has 1 unspecified atom stereocenters. The van der Waals surface area contributed by atoms with Crippen molar-refractivity contribution < 1.29 is 28.3 Å². The number of pyridine rings is 1. The third-order valence-electron chi connectivity index (χ3n) is 7.34. The maximum absolute atomic E-state index is 14.7. The van der Waals surface area contributed by atoms with Crippen molar-refractivity contribution in [3.05, 3.63) is 105 Å². The Kier molecular flexibility index (Phi) is 10.3. The van der Waals surface area contributed by atoms with Crippen LogP contribution < -0.4 is 16.0 Å². The monoisotopic (exact) mass is 678 g/mol. The lowest BCUT2D eigenvalue weighted by atomic mass is 10.0. The molecule has 1 atom stereocenters. The van der Waals surface area contributed by atoms with Crippen molar-refractivity contribution in [2.24, 2.45) is 0 Å². The number of hydrogen-bond acceptors (Lipinski definition) is 7. The minimum Gasteiger partial charge on any atom is -0.453 e. The van der Waals surface area contributed by atoms with Crippen LogP contribution in [0.2, 0.25) is 10.2 Å². The zero-order valence-electron chi connectivity index (χ0n) is 25.2. The molecule has 14 heteroatoms. The molecule has 1 aliphatic rings. The van der Waals surface area contributed by atoms with Gasteiger partial charge in [-0.2, -0.15) is 0 Å². The van der Waals surface area contributed by atoms with E-state index in [9.17, 15) is 23.6 Å². The molecule has 0 aliphatic carbocycles. The first kappa shape index (κ1) is 33.3. The number of methoxy groups -OCH3 is 1. The van der Waals surface area contributed by atoms with E-state index in [2.05, 4.69) is 35.6 Å². The number of fused-ring (bicyclic) bond motifs is 6. The highest BCUT2D eigenvalue weighted by molar-refractivity contribution is 6.32. The summed E-state index contributed by atoms with van der Waals surface area (Å²) in [7, 11) is 1.22. The normalized spacial score (nSPS) is 14.5. The van der Waals surface area contributed by atoms with E-state index in [4.69, 9.17) is 23.2 Å². The maximum Gasteiger partial charge on any atom is 0.411 e. The molecule has 0 spiro atoms. The number of H-pyrrole nitrogens is 1. The summed E-state index contributed by atoms with van der Waals surface area (Å²) in [5, 5.41) is 8.84. The van der Waals surface area contributed by atoms with Gasteiger partial charge in [0.1, 0.15) is 22.5 Å². The maximum atomic E-state index is 14.7. The fourth-order valence-electron chi connectivity index (χ4n) is 5.09. The van der Waals surface area contributed by atoms with Gasteiger partial charge in [0, 0.05) is 46.8 Å². The Balaban J connectivity index is 1.49. The van der Waals surface area contributed by atoms with Gasteiger partial charge >= 0.3 is 6.09 Å². The predicted octanol–water partition coefficient (Wildman–Crippen LogP) is 6.38. The molecule has 2 aromatic carbocycles. The summed E-state index contributed by atoms with van der Waals surface area (Å²) in [6.07, 6.45) is 2.55. The molecule has 4 aromatic rings. The number of benzene rings is 2. The van der Waals surface area contributed by atoms with Crippen LogP contribution in [0.3, 0.4) is 0 Å². The van der Waals surface area contributed by atoms with E-state index < -0.39 is 29.8 Å². The molecule has 3 heterocycles. The number of carbonyl (C=O) groups excluding carboxylic acids is 4. The van der Waals surface area contributed by atoms with Crippen LogP contribution in [-0.4, -0.2) is 45.8 Å². The van der Waals surface area contributed by atoms with E-state index in [0.717, 1.165) is 0 Å². The average Bonchev–Trinajstić information content (AvgIpc) is 3.41. The number of aromatic nitrogens is 3. The Morgan fingerprint density at radius 1 is 1.09 bits per heavy atom. The number of ether oxygens (including phenoxy) is 1. The number of hydrogen-bond donors (Lipinski definition) is 4. The second-order valence-corrected chi connectivity index (χ2v) is 11.5. The lowest BCUT2D eigenvalue weighted by Crippen LogP contribution is -2.29. The first-order valence-electron chi connectivity index (χ1n) is 14.5. The molecule has 47 heavy (non-hydrogen) atoms. The lowest BCUT2D eigenvalue weighted by Gasteiger charge is -2.17. The van der Waals surface area contributed by atoms with Crippen LogP contribution in [0.25, 0.3) is 11.3 Å². The standard InChI is InChI=1S/C33H29Cl2FN6O5/c1-17(43)22-9-6-19(34)14-18(22)4-3-5-28(44)40-27-16-20-8-11-24(36)25(37-20)12-13-29(45)39-26-15-21(38-33(46)47-2)7-10-23(26)30-31(35)42-32(27)41-30/h3,5-11,14-15,27H,4,12-13,16H2,1-2H3,(H,38,46)(H,39,45)(H,40,44)(H,41,42). The fourth-order valence-corrected chi connectivity index (χ4v) is 5.52. The van der Waals surface area contributed by atoms with Crippen molar-refractivity contribution in [3.8, 4) is 11.3 Å². The number of anilines is 2. The molecule has 1 aliphatic heterocycles. The number of Topliss-reactive ketones (excluding diaryl/α,β-unsaturated/α-hetero) is 1. The molecule has 0 fully saturated rings. The van der Waals surface area contributed by atoms with E-state index >= 15 is 0 Å². The van der Waals surface area contributed by atoms with Gasteiger partial charge in [-0.1, -0.05) is 29.3 Å². The summed E-state index contributed by atoms with van der Waals surface area (Å²) in [5.74, 6) is -1.31. The van der Waals surface area contributed by atoms with Crippen LogP contribution in [0, 0.1) is 5.82 Å². The number of allylic oxidation sites excluding steroid dienone is 1. The van der Waals surface area contributed by atoms with Gasteiger partial charge in [-0.15, -0.1) is 0 Å². The number of aromatic amines is 1. The third kappa shape index (κ3) is 8.21. The number of ketones is 1. The van der Waals surface area contributed by atoms with Crippen molar-refractivity contribution >= 4 is 58.3 Å². The molecule has 2 aromatic heterocycles. The van der Waals surface area contributed by atoms with Crippen LogP contribution in [0.1, 0.15) is 52.5 Å². The molecular formula is C33H29Cl2FN6O5. The molecular weight excluding hydrogens is 650 g/mol. The fraction of sp³-hybridized carbons (Fsp3) is 0.212. The van der Waals surface area contributed by atoms with Gasteiger partial charge < -0.3 is 20.4 Å². The van der Waals surface area contributed by atoms with E-state index in [1.807, 2.05) is 0 Å². The lowest BCUT2D eigenvalue weighted by molar-refractivity contribution is -0.117. The topological polar surface area (TPSA) is 155 Å². The van der Waals surface area contributed by atoms with Crippen molar-refractivity contribution in [1.29, 1.82) is 0 Å². The number of nitrogens with zero attached hydrogens (tertiary/aromatic N) is 2. The van der Waals surface area contributed by atoms with Gasteiger partial charge in [0.05, 0.1) is 24.5 Å². The molecule has 3 amide bonds. The number of nitrogens with one attached hydrogen (secondary N) is 4. The van der Waals surface area contributed by atoms with Gasteiger partial charge in [0.15, 0.2) is 5.78 Å². The first-order chi connectivity index (χ1) is 22.5. The summed E-state index contributed by atoms with van der Waals surface area (Å²) < 4.78 is 19.4. The molecule has 4 bridgehead atoms. The van der Waals surface area contributed by atoms with Gasteiger partial charge in [-0.3, -0.25) is 24.7 Å². The van der Waals surface area contributed by atoms with Crippen LogP contribution >= 0.6 is 23.2 Å². The number of amides is 3. The van der Waals surface area contributed by atoms with E-state index in [1.54, 1.807) is 36.4 Å². The van der Waals surface area contributed by atoms with Crippen LogP contribution in [0.4, 0.5) is 20.6 Å². The zero-order valence-corrected chi connectivity index (χ0v) is 26.8. The number of aryl methyl sites for hydroxylation is 1. The van der Waals surface area contributed by atoms with Crippen molar-refractivity contribution in [1.82, 2.24) is 20.3 Å². The summed E-state index contributed by atoms with van der Waals surface area (Å²) in [6.45, 7) is 1.46. The predicted molar refractivity (Wildman–Crippen MR) is 175 cm³/mol. The number of rotatable bonds is 6. The Hall–Kier alpha value is -5.07. The highest BCUT2D eigenvalue weighted by Gasteiger charge is 2.24. The minimum absolute atomic E-state index is 0.00904. The number of imidazole rings is 1. The van der Waals surface area contributed by atoms with E-state index in [0.29, 0.717) is 33.1 Å². The summed E-state index contributed by atoms with van der Waals surface area (Å²) in [6, 6.07) is 11.6. The van der Waals surface area contributed by atoms with Crippen LogP contribution in [-0.2, 0) is 33.6 Å². The van der Waals surface area contributed by atoms with E-state index in [1.165, 1.54) is 38.3 Å². The Morgan fingerprint density at radius 3 is 2.66 bits per heavy atom. The quantitative estimate of drug-likeness (QED) is 0.136. The van der Waals surface area contributed by atoms with Crippen molar-refractivity contribution in [2.75, 3.05) is 17.7 Å². The smallest absolute Gasteiger partial charge is 0.411 e. The molecule has 0 saturated heterocycles. The Labute approximate surface area is 278 Å². The second kappa shape index (κ2) is 14.6. The summed E-state index contributed by atoms with van der Waals surface area (Å²) in [4.78, 5) is 62.1. The van der Waals surface area contributed by atoms with Crippen LogP contribution in [0.15, 0.2) is 60.7 Å². The minimum atomic E-state index is -0.788. The molecule has 0 saturated carbocycles. The molecule has 4 N–H and O–H groups in total. The second-order valence-electron chi connectivity index (χ2n) is 10.7. The van der Waals surface area contributed by atoms with Crippen molar-refractivity contribution in [2.45, 2.75) is 38.6 Å². The van der Waals surface area contributed by atoms with Crippen molar-refractivity contribution in [3.63, 3.8) is 0 Å². The average molecular weight is 680 g/mol. The molecule has 0 radical (unpaired) electrons. The number of carbonyl (C=O) groups is 4. The molecule has 11 nitrogen and oxygen atoms in total. The third-order valence-corrected chi connectivity index (χ3v) is 7.85. The molecule has 242 valence electrons. The van der Waals surface area contributed by atoms with Gasteiger partial charge in [-0.25, -0.2) is 14.2 Å². The van der Waals surface area contributed by atoms with Gasteiger partial charge in [0.2, 0.25) is 11.8 Å². The first-order valence-corrected chi connectivity index (χ1v) is 15.2. The Morgan fingerprint density at radius 2 is 1.89 bits per heavy atom. The zero-order chi connectivity index (χ0) is 33.7. The highest BCUT2D eigenvalue weighted by Crippen LogP contribution is 2.35. The SMILES string of the molecule is COC(=O)Nc1ccc2c(c1)NC(=O)CCc1nc(ccc1F)CC(NC(=O)C=CCc1cc(Cl)ccc1C(C)=O)c1nc-2c(Cl)[nH]1. The number of halogens is 3. The summed E-state index contributed by atoms with van der Waals surface area (Å²) in [5.41, 5.74) is 3.02.